The summed E-state index contributed by atoms with van der Waals surface area (Å²) in [4.78, 5) is 2.61. The molecule has 16 heavy (non-hydrogen) atoms. The molecule has 88 valence electrons. The summed E-state index contributed by atoms with van der Waals surface area (Å²) in [6.45, 7) is 8.51. The van der Waals surface area contributed by atoms with Crippen LogP contribution >= 0.6 is 0 Å². The van der Waals surface area contributed by atoms with Gasteiger partial charge in [0, 0.05) is 6.54 Å². The normalized spacial score (nSPS) is 18.9. The van der Waals surface area contributed by atoms with E-state index in [0.717, 1.165) is 5.92 Å². The second-order valence-electron chi connectivity index (χ2n) is 5.24. The van der Waals surface area contributed by atoms with Crippen LogP contribution in [0.15, 0.2) is 24.3 Å². The molecule has 0 bridgehead atoms. The summed E-state index contributed by atoms with van der Waals surface area (Å²) in [5, 5.41) is 0. The minimum absolute atomic E-state index is 0.777. The fraction of sp³-hybridized carbons (Fsp3) is 0.600. The van der Waals surface area contributed by atoms with E-state index in [9.17, 15) is 0 Å². The van der Waals surface area contributed by atoms with Crippen molar-refractivity contribution in [2.75, 3.05) is 19.6 Å². The first-order valence-corrected chi connectivity index (χ1v) is 6.52. The molecule has 0 radical (unpaired) electrons. The second-order valence-corrected chi connectivity index (χ2v) is 5.24. The van der Waals surface area contributed by atoms with Gasteiger partial charge in [0.05, 0.1) is 0 Å². The topological polar surface area (TPSA) is 3.24 Å². The van der Waals surface area contributed by atoms with E-state index in [-0.39, 0.29) is 0 Å². The Morgan fingerprint density at radius 1 is 1.19 bits per heavy atom. The molecule has 0 amide bonds. The quantitative estimate of drug-likeness (QED) is 0.748. The molecule has 1 aromatic rings. The summed E-state index contributed by atoms with van der Waals surface area (Å²) in [7, 11) is 0. The maximum absolute atomic E-state index is 2.61. The highest BCUT2D eigenvalue weighted by atomic mass is 15.1. The van der Waals surface area contributed by atoms with Gasteiger partial charge in [0.25, 0.3) is 0 Å². The summed E-state index contributed by atoms with van der Waals surface area (Å²) < 4.78 is 0. The summed E-state index contributed by atoms with van der Waals surface area (Å²) in [6.07, 6.45) is 4.03. The standard InChI is InChI=1S/C15H23N/c1-13(12-16-9-5-6-10-16)11-15-8-4-3-7-14(15)2/h3-4,7-8,13H,5-6,9-12H2,1-2H3. The zero-order chi connectivity index (χ0) is 11.4. The van der Waals surface area contributed by atoms with Gasteiger partial charge in [-0.15, -0.1) is 0 Å². The summed E-state index contributed by atoms with van der Waals surface area (Å²) in [5.74, 6) is 0.777. The number of rotatable bonds is 4. The molecule has 0 saturated carbocycles. The Morgan fingerprint density at radius 3 is 2.56 bits per heavy atom. The van der Waals surface area contributed by atoms with Gasteiger partial charge in [0.2, 0.25) is 0 Å². The first-order valence-electron chi connectivity index (χ1n) is 6.52. The van der Waals surface area contributed by atoms with Gasteiger partial charge in [-0.25, -0.2) is 0 Å². The molecule has 1 heteroatoms. The maximum atomic E-state index is 2.61. The van der Waals surface area contributed by atoms with Gasteiger partial charge < -0.3 is 4.90 Å². The molecule has 0 spiro atoms. The van der Waals surface area contributed by atoms with Gasteiger partial charge in [-0.1, -0.05) is 31.2 Å². The largest absolute Gasteiger partial charge is 0.303 e. The van der Waals surface area contributed by atoms with Crippen molar-refractivity contribution in [2.24, 2.45) is 5.92 Å². The first kappa shape index (κ1) is 11.7. The van der Waals surface area contributed by atoms with Crippen LogP contribution in [0, 0.1) is 12.8 Å². The number of nitrogens with zero attached hydrogens (tertiary/aromatic N) is 1. The molecule has 1 nitrogen and oxygen atoms in total. The van der Waals surface area contributed by atoms with E-state index < -0.39 is 0 Å². The molecule has 1 heterocycles. The number of benzene rings is 1. The highest BCUT2D eigenvalue weighted by molar-refractivity contribution is 5.25. The van der Waals surface area contributed by atoms with Crippen molar-refractivity contribution in [1.29, 1.82) is 0 Å². The molecular weight excluding hydrogens is 194 g/mol. The Kier molecular flexibility index (Phi) is 4.00. The maximum Gasteiger partial charge on any atom is 0.00102 e. The van der Waals surface area contributed by atoms with Crippen molar-refractivity contribution in [3.63, 3.8) is 0 Å². The van der Waals surface area contributed by atoms with Crippen molar-refractivity contribution in [3.8, 4) is 0 Å². The van der Waals surface area contributed by atoms with E-state index in [1.807, 2.05) is 0 Å². The molecule has 1 aromatic carbocycles. The lowest BCUT2D eigenvalue weighted by atomic mass is 9.97. The Bertz CT molecular complexity index is 326. The van der Waals surface area contributed by atoms with Crippen molar-refractivity contribution in [3.05, 3.63) is 35.4 Å². The minimum atomic E-state index is 0.777. The third-order valence-electron chi connectivity index (χ3n) is 3.60. The number of hydrogen-bond acceptors (Lipinski definition) is 1. The third-order valence-corrected chi connectivity index (χ3v) is 3.60. The number of hydrogen-bond donors (Lipinski definition) is 0. The van der Waals surface area contributed by atoms with E-state index in [4.69, 9.17) is 0 Å². The van der Waals surface area contributed by atoms with Crippen LogP contribution in [0.1, 0.15) is 30.9 Å². The van der Waals surface area contributed by atoms with Crippen LogP contribution in [-0.4, -0.2) is 24.5 Å². The molecule has 1 saturated heterocycles. The van der Waals surface area contributed by atoms with Crippen molar-refractivity contribution >= 4 is 0 Å². The fourth-order valence-corrected chi connectivity index (χ4v) is 2.69. The van der Waals surface area contributed by atoms with Crippen LogP contribution < -0.4 is 0 Å². The van der Waals surface area contributed by atoms with Crippen LogP contribution in [0.25, 0.3) is 0 Å². The summed E-state index contributed by atoms with van der Waals surface area (Å²) in [6, 6.07) is 8.78. The third kappa shape index (κ3) is 3.08. The smallest absolute Gasteiger partial charge is 0.00102 e. The lowest BCUT2D eigenvalue weighted by molar-refractivity contribution is 0.287. The first-order chi connectivity index (χ1) is 7.75. The zero-order valence-electron chi connectivity index (χ0n) is 10.6. The van der Waals surface area contributed by atoms with Gasteiger partial charge >= 0.3 is 0 Å². The van der Waals surface area contributed by atoms with Crippen LogP contribution in [0.3, 0.4) is 0 Å². The van der Waals surface area contributed by atoms with E-state index in [0.29, 0.717) is 0 Å². The average Bonchev–Trinajstić information content (AvgIpc) is 2.74. The van der Waals surface area contributed by atoms with Crippen molar-refractivity contribution in [1.82, 2.24) is 4.90 Å². The Labute approximate surface area is 99.5 Å². The number of aryl methyl sites for hydroxylation is 1. The van der Waals surface area contributed by atoms with Crippen LogP contribution in [0.2, 0.25) is 0 Å². The zero-order valence-corrected chi connectivity index (χ0v) is 10.6. The fourth-order valence-electron chi connectivity index (χ4n) is 2.69. The van der Waals surface area contributed by atoms with Gasteiger partial charge in [-0.3, -0.25) is 0 Å². The molecule has 0 aromatic heterocycles. The van der Waals surface area contributed by atoms with Crippen molar-refractivity contribution < 1.29 is 0 Å². The van der Waals surface area contributed by atoms with Crippen molar-refractivity contribution in [2.45, 2.75) is 33.1 Å². The molecular formula is C15H23N. The highest BCUT2D eigenvalue weighted by Gasteiger charge is 2.15. The van der Waals surface area contributed by atoms with Crippen LogP contribution in [-0.2, 0) is 6.42 Å². The van der Waals surface area contributed by atoms with Gasteiger partial charge in [0.1, 0.15) is 0 Å². The van der Waals surface area contributed by atoms with Gasteiger partial charge in [-0.2, -0.15) is 0 Å². The minimum Gasteiger partial charge on any atom is -0.303 e. The average molecular weight is 217 g/mol. The predicted octanol–water partition coefficient (Wildman–Crippen LogP) is 3.27. The highest BCUT2D eigenvalue weighted by Crippen LogP contribution is 2.16. The Balaban J connectivity index is 1.86. The molecule has 1 aliphatic heterocycles. The van der Waals surface area contributed by atoms with E-state index in [1.54, 1.807) is 0 Å². The van der Waals surface area contributed by atoms with Gasteiger partial charge in [0.15, 0.2) is 0 Å². The van der Waals surface area contributed by atoms with Gasteiger partial charge in [-0.05, 0) is 56.3 Å². The Hall–Kier alpha value is -0.820. The predicted molar refractivity (Wildman–Crippen MR) is 69.7 cm³/mol. The van der Waals surface area contributed by atoms with E-state index in [2.05, 4.69) is 43.0 Å². The molecule has 1 fully saturated rings. The molecule has 0 aliphatic carbocycles. The Morgan fingerprint density at radius 2 is 1.88 bits per heavy atom. The van der Waals surface area contributed by atoms with Crippen LogP contribution in [0.5, 0.6) is 0 Å². The molecule has 1 unspecified atom stereocenters. The molecule has 2 rings (SSSR count). The summed E-state index contributed by atoms with van der Waals surface area (Å²) >= 11 is 0. The monoisotopic (exact) mass is 217 g/mol. The lowest BCUT2D eigenvalue weighted by Crippen LogP contribution is -2.26. The lowest BCUT2D eigenvalue weighted by Gasteiger charge is -2.20. The molecule has 0 N–H and O–H groups in total. The molecule has 1 atom stereocenters. The van der Waals surface area contributed by atoms with E-state index in [1.165, 1.54) is 50.0 Å². The summed E-state index contributed by atoms with van der Waals surface area (Å²) in [5.41, 5.74) is 2.96. The van der Waals surface area contributed by atoms with E-state index >= 15 is 0 Å². The second kappa shape index (κ2) is 5.49. The SMILES string of the molecule is Cc1ccccc1CC(C)CN1CCCC1. The molecule has 1 aliphatic rings. The van der Waals surface area contributed by atoms with Crippen LogP contribution in [0.4, 0.5) is 0 Å². The number of likely N-dealkylation sites (tertiary alicyclic amines) is 1.